The Morgan fingerprint density at radius 1 is 1.53 bits per heavy atom. The smallest absolute Gasteiger partial charge is 0.243 e. The number of hydrogen-bond acceptors (Lipinski definition) is 3. The predicted octanol–water partition coefficient (Wildman–Crippen LogP) is 2.50. The molecule has 0 aliphatic heterocycles. The van der Waals surface area contributed by atoms with E-state index in [0.717, 1.165) is 24.1 Å². The maximum absolute atomic E-state index is 4.46. The van der Waals surface area contributed by atoms with Crippen molar-refractivity contribution in [3.8, 4) is 0 Å². The predicted molar refractivity (Wildman–Crippen MR) is 68.1 cm³/mol. The van der Waals surface area contributed by atoms with Crippen molar-refractivity contribution in [1.29, 1.82) is 0 Å². The van der Waals surface area contributed by atoms with Gasteiger partial charge in [-0.2, -0.15) is 4.98 Å². The van der Waals surface area contributed by atoms with Gasteiger partial charge in [0.15, 0.2) is 5.65 Å². The van der Waals surface area contributed by atoms with Gasteiger partial charge in [-0.05, 0) is 42.4 Å². The molecule has 2 aromatic rings. The zero-order valence-electron chi connectivity index (χ0n) is 10.6. The first kappa shape index (κ1) is 10.6. The summed E-state index contributed by atoms with van der Waals surface area (Å²) in [6.07, 6.45) is 3.25. The number of nitrogens with zero attached hydrogens (tertiary/aromatic N) is 3. The quantitative estimate of drug-likeness (QED) is 0.881. The molecule has 90 valence electrons. The van der Waals surface area contributed by atoms with E-state index in [2.05, 4.69) is 36.2 Å². The Bertz CT molecular complexity index is 556. The van der Waals surface area contributed by atoms with E-state index in [4.69, 9.17) is 0 Å². The molecule has 3 rings (SSSR count). The Morgan fingerprint density at radius 2 is 2.29 bits per heavy atom. The normalized spacial score (nSPS) is 21.7. The first-order valence-electron chi connectivity index (χ1n) is 6.11. The number of fused-ring (bicyclic) bond motifs is 1. The zero-order chi connectivity index (χ0) is 12.0. The molecule has 2 aromatic heterocycles. The van der Waals surface area contributed by atoms with Crippen molar-refractivity contribution in [2.45, 2.75) is 27.2 Å². The highest BCUT2D eigenvalue weighted by molar-refractivity contribution is 5.45. The second-order valence-electron chi connectivity index (χ2n) is 5.71. The average molecular weight is 230 g/mol. The lowest BCUT2D eigenvalue weighted by Crippen LogP contribution is -2.08. The number of anilines is 1. The summed E-state index contributed by atoms with van der Waals surface area (Å²) in [5.41, 5.74) is 2.62. The molecule has 1 fully saturated rings. The van der Waals surface area contributed by atoms with Crippen LogP contribution in [0, 0.1) is 18.3 Å². The van der Waals surface area contributed by atoms with E-state index in [9.17, 15) is 0 Å². The van der Waals surface area contributed by atoms with Gasteiger partial charge in [-0.1, -0.05) is 13.8 Å². The van der Waals surface area contributed by atoms with E-state index in [0.29, 0.717) is 5.41 Å². The summed E-state index contributed by atoms with van der Waals surface area (Å²) in [5, 5.41) is 7.72. The summed E-state index contributed by atoms with van der Waals surface area (Å²) >= 11 is 0. The number of rotatable bonds is 3. The van der Waals surface area contributed by atoms with Crippen molar-refractivity contribution >= 4 is 11.6 Å². The van der Waals surface area contributed by atoms with Crippen LogP contribution in [0.3, 0.4) is 0 Å². The highest BCUT2D eigenvalue weighted by Crippen LogP contribution is 2.51. The summed E-state index contributed by atoms with van der Waals surface area (Å²) in [6.45, 7) is 7.65. The van der Waals surface area contributed by atoms with Crippen molar-refractivity contribution < 1.29 is 0 Å². The van der Waals surface area contributed by atoms with Crippen LogP contribution in [-0.4, -0.2) is 21.1 Å². The van der Waals surface area contributed by atoms with E-state index in [-0.39, 0.29) is 0 Å². The summed E-state index contributed by atoms with van der Waals surface area (Å²) in [6, 6.07) is 4.08. The third kappa shape index (κ3) is 1.99. The topological polar surface area (TPSA) is 42.2 Å². The van der Waals surface area contributed by atoms with E-state index >= 15 is 0 Å². The number of aromatic nitrogens is 3. The van der Waals surface area contributed by atoms with Gasteiger partial charge >= 0.3 is 0 Å². The molecule has 0 spiro atoms. The maximum Gasteiger partial charge on any atom is 0.243 e. The van der Waals surface area contributed by atoms with Crippen LogP contribution in [0.15, 0.2) is 18.3 Å². The van der Waals surface area contributed by atoms with Gasteiger partial charge < -0.3 is 5.32 Å². The van der Waals surface area contributed by atoms with Crippen LogP contribution in [0.2, 0.25) is 0 Å². The molecule has 1 saturated carbocycles. The summed E-state index contributed by atoms with van der Waals surface area (Å²) < 4.78 is 1.81. The van der Waals surface area contributed by atoms with Crippen molar-refractivity contribution in [3.05, 3.63) is 23.9 Å². The Morgan fingerprint density at radius 3 is 3.00 bits per heavy atom. The van der Waals surface area contributed by atoms with Crippen LogP contribution in [0.1, 0.15) is 25.8 Å². The molecule has 1 aliphatic rings. The van der Waals surface area contributed by atoms with Crippen LogP contribution >= 0.6 is 0 Å². The van der Waals surface area contributed by atoms with Gasteiger partial charge in [0.1, 0.15) is 0 Å². The Kier molecular flexibility index (Phi) is 2.15. The fraction of sp³-hybridized carbons (Fsp3) is 0.538. The minimum Gasteiger partial charge on any atom is -0.353 e. The number of pyridine rings is 1. The van der Waals surface area contributed by atoms with Crippen LogP contribution in [0.5, 0.6) is 0 Å². The van der Waals surface area contributed by atoms with Crippen molar-refractivity contribution in [3.63, 3.8) is 0 Å². The van der Waals surface area contributed by atoms with Crippen molar-refractivity contribution in [1.82, 2.24) is 14.6 Å². The zero-order valence-corrected chi connectivity index (χ0v) is 10.6. The Balaban J connectivity index is 1.73. The van der Waals surface area contributed by atoms with E-state index in [1.165, 1.54) is 12.0 Å². The standard InChI is InChI=1S/C13H18N4/c1-9-4-5-17-11(6-9)15-12(16-17)14-8-10-7-13(10,2)3/h4-6,10H,7-8H2,1-3H3,(H,14,16). The average Bonchev–Trinajstić information content (AvgIpc) is 2.71. The van der Waals surface area contributed by atoms with Crippen molar-refractivity contribution in [2.75, 3.05) is 11.9 Å². The summed E-state index contributed by atoms with van der Waals surface area (Å²) in [5.74, 6) is 1.49. The van der Waals surface area contributed by atoms with Gasteiger partial charge in [-0.3, -0.25) is 0 Å². The molecule has 1 aliphatic carbocycles. The SMILES string of the molecule is Cc1ccn2nc(NCC3CC3(C)C)nc2c1. The molecular formula is C13H18N4. The van der Waals surface area contributed by atoms with Gasteiger partial charge in [-0.25, -0.2) is 4.52 Å². The number of nitrogens with one attached hydrogen (secondary N) is 1. The third-order valence-corrected chi connectivity index (χ3v) is 3.72. The van der Waals surface area contributed by atoms with Gasteiger partial charge in [0.25, 0.3) is 0 Å². The Hall–Kier alpha value is -1.58. The Labute approximate surface area is 101 Å². The minimum atomic E-state index is 0.503. The van der Waals surface area contributed by atoms with Gasteiger partial charge in [0.05, 0.1) is 0 Å². The molecule has 1 unspecified atom stereocenters. The molecule has 2 heterocycles. The van der Waals surface area contributed by atoms with E-state index in [1.54, 1.807) is 0 Å². The highest BCUT2D eigenvalue weighted by atomic mass is 15.3. The molecule has 0 radical (unpaired) electrons. The summed E-state index contributed by atoms with van der Waals surface area (Å²) in [4.78, 5) is 4.46. The van der Waals surface area contributed by atoms with Crippen LogP contribution in [0.25, 0.3) is 5.65 Å². The molecule has 0 aromatic carbocycles. The monoisotopic (exact) mass is 230 g/mol. The van der Waals surface area contributed by atoms with Crippen LogP contribution < -0.4 is 5.32 Å². The molecule has 0 saturated heterocycles. The van der Waals surface area contributed by atoms with Gasteiger partial charge in [0.2, 0.25) is 5.95 Å². The molecular weight excluding hydrogens is 212 g/mol. The fourth-order valence-corrected chi connectivity index (χ4v) is 2.20. The lowest BCUT2D eigenvalue weighted by atomic mass is 10.1. The lowest BCUT2D eigenvalue weighted by Gasteiger charge is -2.02. The second kappa shape index (κ2) is 3.45. The minimum absolute atomic E-state index is 0.503. The van der Waals surface area contributed by atoms with Crippen LogP contribution in [-0.2, 0) is 0 Å². The molecule has 1 atom stereocenters. The van der Waals surface area contributed by atoms with Gasteiger partial charge in [-0.15, -0.1) is 5.10 Å². The third-order valence-electron chi connectivity index (χ3n) is 3.72. The number of aryl methyl sites for hydroxylation is 1. The lowest BCUT2D eigenvalue weighted by molar-refractivity contribution is 0.572. The molecule has 17 heavy (non-hydrogen) atoms. The fourth-order valence-electron chi connectivity index (χ4n) is 2.20. The first-order valence-corrected chi connectivity index (χ1v) is 6.11. The highest BCUT2D eigenvalue weighted by Gasteiger charge is 2.45. The molecule has 1 N–H and O–H groups in total. The molecule has 0 amide bonds. The van der Waals surface area contributed by atoms with Gasteiger partial charge in [0, 0.05) is 12.7 Å². The molecule has 0 bridgehead atoms. The van der Waals surface area contributed by atoms with Crippen molar-refractivity contribution in [2.24, 2.45) is 11.3 Å². The number of hydrogen-bond donors (Lipinski definition) is 1. The van der Waals surface area contributed by atoms with E-state index in [1.807, 2.05) is 22.8 Å². The van der Waals surface area contributed by atoms with Crippen LogP contribution in [0.4, 0.5) is 5.95 Å². The molecule has 4 nitrogen and oxygen atoms in total. The molecule has 4 heteroatoms. The largest absolute Gasteiger partial charge is 0.353 e. The van der Waals surface area contributed by atoms with E-state index < -0.39 is 0 Å². The summed E-state index contributed by atoms with van der Waals surface area (Å²) in [7, 11) is 0. The second-order valence-corrected chi connectivity index (χ2v) is 5.71. The first-order chi connectivity index (χ1) is 8.04. The maximum atomic E-state index is 4.46.